The van der Waals surface area contributed by atoms with Crippen LogP contribution in [0.2, 0.25) is 10.2 Å². The second-order valence-corrected chi connectivity index (χ2v) is 6.14. The van der Waals surface area contributed by atoms with Gasteiger partial charge in [-0.2, -0.15) is 13.2 Å². The zero-order chi connectivity index (χ0) is 19.3. The third-order valence-electron chi connectivity index (χ3n) is 3.53. The lowest BCUT2D eigenvalue weighted by molar-refractivity contribution is -0.137. The summed E-state index contributed by atoms with van der Waals surface area (Å²) in [4.78, 5) is 16.1. The summed E-state index contributed by atoms with van der Waals surface area (Å²) in [6.07, 6.45) is -2.80. The Labute approximate surface area is 158 Å². The summed E-state index contributed by atoms with van der Waals surface area (Å²) >= 11 is 11.5. The molecular formula is C17H15Cl2F3N2O2. The molecule has 0 spiro atoms. The number of carbonyl (C=O) groups excluding carboxylic acids is 1. The van der Waals surface area contributed by atoms with Crippen LogP contribution >= 0.6 is 23.2 Å². The number of nitrogens with one attached hydrogen (secondary N) is 1. The van der Waals surface area contributed by atoms with Gasteiger partial charge in [0, 0.05) is 6.07 Å². The monoisotopic (exact) mass is 406 g/mol. The van der Waals surface area contributed by atoms with Crippen LogP contribution in [0, 0.1) is 0 Å². The van der Waals surface area contributed by atoms with Gasteiger partial charge in [-0.15, -0.1) is 0 Å². The minimum Gasteiger partial charge on any atom is -0.490 e. The highest BCUT2D eigenvalue weighted by Crippen LogP contribution is 2.31. The zero-order valence-electron chi connectivity index (χ0n) is 13.6. The lowest BCUT2D eigenvalue weighted by Gasteiger charge is -2.19. The Balaban J connectivity index is 2.06. The summed E-state index contributed by atoms with van der Waals surface area (Å²) < 4.78 is 44.6. The van der Waals surface area contributed by atoms with Crippen molar-refractivity contribution in [3.63, 3.8) is 0 Å². The zero-order valence-corrected chi connectivity index (χ0v) is 15.1. The number of ether oxygens (including phenoxy) is 1. The fourth-order valence-corrected chi connectivity index (χ4v) is 2.39. The van der Waals surface area contributed by atoms with Crippen molar-refractivity contribution in [1.82, 2.24) is 10.3 Å². The Morgan fingerprint density at radius 1 is 1.31 bits per heavy atom. The Bertz CT molecular complexity index is 785. The Kier molecular flexibility index (Phi) is 6.72. The molecule has 0 aliphatic rings. The first kappa shape index (κ1) is 20.3. The predicted octanol–water partition coefficient (Wildman–Crippen LogP) is 4.99. The van der Waals surface area contributed by atoms with E-state index < -0.39 is 29.3 Å². The molecule has 9 heteroatoms. The molecule has 1 aromatic carbocycles. The molecule has 1 amide bonds. The van der Waals surface area contributed by atoms with E-state index in [0.29, 0.717) is 12.2 Å². The van der Waals surface area contributed by atoms with Crippen LogP contribution in [-0.4, -0.2) is 23.5 Å². The average molecular weight is 407 g/mol. The van der Waals surface area contributed by atoms with E-state index in [1.165, 1.54) is 24.4 Å². The number of pyridine rings is 1. The average Bonchev–Trinajstić information content (AvgIpc) is 2.60. The molecule has 26 heavy (non-hydrogen) atoms. The van der Waals surface area contributed by atoms with Crippen LogP contribution in [0.3, 0.4) is 0 Å². The number of hydrogen-bond donors (Lipinski definition) is 1. The Morgan fingerprint density at radius 2 is 2.00 bits per heavy atom. The molecule has 1 aromatic heterocycles. The van der Waals surface area contributed by atoms with Crippen molar-refractivity contribution in [2.45, 2.75) is 25.6 Å². The highest BCUT2D eigenvalue weighted by molar-refractivity contribution is 6.41. The van der Waals surface area contributed by atoms with Crippen LogP contribution in [-0.2, 0) is 6.18 Å². The maximum absolute atomic E-state index is 13.0. The normalized spacial score (nSPS) is 12.5. The van der Waals surface area contributed by atoms with Crippen molar-refractivity contribution in [2.24, 2.45) is 0 Å². The largest absolute Gasteiger partial charge is 0.490 e. The molecule has 2 aromatic rings. The third kappa shape index (κ3) is 5.25. The number of hydrogen-bond acceptors (Lipinski definition) is 3. The van der Waals surface area contributed by atoms with Crippen LogP contribution in [0.15, 0.2) is 36.5 Å². The number of carbonyl (C=O) groups is 1. The highest BCUT2D eigenvalue weighted by atomic mass is 35.5. The molecule has 0 aliphatic carbocycles. The topological polar surface area (TPSA) is 51.2 Å². The number of nitrogens with zero attached hydrogens (tertiary/aromatic N) is 1. The minimum absolute atomic E-state index is 0.0378. The molecule has 1 unspecified atom stereocenters. The first-order valence-corrected chi connectivity index (χ1v) is 8.39. The number of aromatic nitrogens is 1. The van der Waals surface area contributed by atoms with E-state index in [1.54, 1.807) is 6.92 Å². The van der Waals surface area contributed by atoms with E-state index in [9.17, 15) is 18.0 Å². The highest BCUT2D eigenvalue weighted by Gasteiger charge is 2.35. The maximum Gasteiger partial charge on any atom is 0.417 e. The van der Waals surface area contributed by atoms with Gasteiger partial charge in [-0.05, 0) is 18.6 Å². The Morgan fingerprint density at radius 3 is 2.62 bits per heavy atom. The molecule has 140 valence electrons. The van der Waals surface area contributed by atoms with E-state index in [-0.39, 0.29) is 16.8 Å². The van der Waals surface area contributed by atoms with E-state index in [1.807, 2.05) is 0 Å². The molecule has 0 aliphatic heterocycles. The van der Waals surface area contributed by atoms with Crippen LogP contribution in [0.4, 0.5) is 13.2 Å². The number of rotatable bonds is 6. The van der Waals surface area contributed by atoms with E-state index >= 15 is 0 Å². The summed E-state index contributed by atoms with van der Waals surface area (Å²) in [5, 5.41) is 2.88. The van der Waals surface area contributed by atoms with Crippen LogP contribution in [0.1, 0.15) is 29.3 Å². The Hall–Kier alpha value is -1.99. The van der Waals surface area contributed by atoms with Crippen LogP contribution in [0.5, 0.6) is 5.75 Å². The summed E-state index contributed by atoms with van der Waals surface area (Å²) in [5.74, 6) is -0.483. The fourth-order valence-electron chi connectivity index (χ4n) is 2.13. The SMILES string of the molecule is CCC(COc1cnc(Cl)c(Cl)c1)NC(=O)c1ccccc1C(F)(F)F. The molecule has 0 saturated carbocycles. The first-order valence-electron chi connectivity index (χ1n) is 7.63. The van der Waals surface area contributed by atoms with Gasteiger partial charge in [-0.1, -0.05) is 42.3 Å². The molecule has 0 radical (unpaired) electrons. The smallest absolute Gasteiger partial charge is 0.417 e. The molecule has 0 saturated heterocycles. The molecule has 0 fully saturated rings. The summed E-state index contributed by atoms with van der Waals surface area (Å²) in [6, 6.07) is 5.57. The lowest BCUT2D eigenvalue weighted by atomic mass is 10.1. The third-order valence-corrected chi connectivity index (χ3v) is 4.21. The van der Waals surface area contributed by atoms with Gasteiger partial charge in [0.15, 0.2) is 0 Å². The fraction of sp³-hybridized carbons (Fsp3) is 0.294. The molecule has 4 nitrogen and oxygen atoms in total. The van der Waals surface area contributed by atoms with Gasteiger partial charge in [0.05, 0.1) is 28.4 Å². The molecule has 1 N–H and O–H groups in total. The quantitative estimate of drug-likeness (QED) is 0.687. The van der Waals surface area contributed by atoms with Crippen molar-refractivity contribution in [2.75, 3.05) is 6.61 Å². The minimum atomic E-state index is -4.61. The van der Waals surface area contributed by atoms with Crippen molar-refractivity contribution < 1.29 is 22.7 Å². The van der Waals surface area contributed by atoms with Crippen molar-refractivity contribution in [3.05, 3.63) is 57.8 Å². The van der Waals surface area contributed by atoms with Gasteiger partial charge in [-0.3, -0.25) is 4.79 Å². The van der Waals surface area contributed by atoms with E-state index in [0.717, 1.165) is 12.1 Å². The number of alkyl halides is 3. The second kappa shape index (κ2) is 8.60. The molecule has 0 bridgehead atoms. The standard InChI is InChI=1S/C17H15Cl2F3N2O2/c1-2-10(9-26-11-7-14(18)15(19)23-8-11)24-16(25)12-5-3-4-6-13(12)17(20,21)22/h3-8,10H,2,9H2,1H3,(H,24,25). The maximum atomic E-state index is 13.0. The van der Waals surface area contributed by atoms with Gasteiger partial charge < -0.3 is 10.1 Å². The molecular weight excluding hydrogens is 392 g/mol. The van der Waals surface area contributed by atoms with Gasteiger partial charge in [0.1, 0.15) is 17.5 Å². The van der Waals surface area contributed by atoms with Crippen molar-refractivity contribution >= 4 is 29.1 Å². The molecule has 2 rings (SSSR count). The lowest BCUT2D eigenvalue weighted by Crippen LogP contribution is -2.39. The summed E-state index contributed by atoms with van der Waals surface area (Å²) in [6.45, 7) is 1.81. The predicted molar refractivity (Wildman–Crippen MR) is 92.7 cm³/mol. The second-order valence-electron chi connectivity index (χ2n) is 5.38. The first-order chi connectivity index (χ1) is 12.2. The van der Waals surface area contributed by atoms with E-state index in [4.69, 9.17) is 27.9 Å². The van der Waals surface area contributed by atoms with Crippen LogP contribution < -0.4 is 10.1 Å². The van der Waals surface area contributed by atoms with Gasteiger partial charge >= 0.3 is 6.18 Å². The van der Waals surface area contributed by atoms with Gasteiger partial charge in [0.25, 0.3) is 5.91 Å². The van der Waals surface area contributed by atoms with Gasteiger partial charge in [-0.25, -0.2) is 4.98 Å². The van der Waals surface area contributed by atoms with E-state index in [2.05, 4.69) is 10.3 Å². The molecule has 1 atom stereocenters. The number of amides is 1. The molecule has 1 heterocycles. The van der Waals surface area contributed by atoms with Crippen molar-refractivity contribution in [3.8, 4) is 5.75 Å². The number of benzene rings is 1. The summed E-state index contributed by atoms with van der Waals surface area (Å²) in [7, 11) is 0. The van der Waals surface area contributed by atoms with Crippen molar-refractivity contribution in [1.29, 1.82) is 0 Å². The number of halogens is 5. The van der Waals surface area contributed by atoms with Gasteiger partial charge in [0.2, 0.25) is 0 Å². The summed E-state index contributed by atoms with van der Waals surface area (Å²) in [5.41, 5.74) is -1.42. The van der Waals surface area contributed by atoms with Crippen LogP contribution in [0.25, 0.3) is 0 Å².